The maximum absolute atomic E-state index is 12.4. The molecule has 3 heterocycles. The summed E-state index contributed by atoms with van der Waals surface area (Å²) in [5.41, 5.74) is 3.71. The first-order chi connectivity index (χ1) is 17.1. The minimum Gasteiger partial charge on any atom is -0.387 e. The van der Waals surface area contributed by atoms with Crippen molar-refractivity contribution in [2.75, 3.05) is 32.1 Å². The molecule has 3 rings (SSSR count). The standard InChI is InChI=1S/C18H30N4O13P2/c1-18(2)9-33-37(29,30)35-14(18)15(25)20-5-3-7-31-36(27,28)32-8-10-12(23)13(24)16(34-10)22-6-4-11(19)21-17(22)26/h4,6,10,12-14,16,23-24H,3,5,7-9H2,1-2H3,(H,20,25)(H,27,28)(H,29,30)(H2,19,21,26)/t10-,12-,13-,14+,16-/m1/s1. The van der Waals surface area contributed by atoms with E-state index in [0.717, 1.165) is 4.57 Å². The molecular weight excluding hydrogens is 542 g/mol. The van der Waals surface area contributed by atoms with Crippen molar-refractivity contribution in [1.29, 1.82) is 0 Å². The number of carbonyl (C=O) groups excluding carboxylic acids is 1. The molecule has 7 N–H and O–H groups in total. The molecule has 19 heteroatoms. The number of nitrogens with two attached hydrogens (primary N) is 1. The fourth-order valence-electron chi connectivity index (χ4n) is 3.51. The van der Waals surface area contributed by atoms with Gasteiger partial charge >= 0.3 is 21.3 Å². The molecule has 2 fully saturated rings. The van der Waals surface area contributed by atoms with Crippen LogP contribution in [0.4, 0.5) is 5.82 Å². The number of nitrogens with one attached hydrogen (secondary N) is 1. The predicted octanol–water partition coefficient (Wildman–Crippen LogP) is -1.37. The Bertz CT molecular complexity index is 1130. The molecule has 1 aromatic heterocycles. The number of hydrogen-bond donors (Lipinski definition) is 6. The molecule has 0 spiro atoms. The molecule has 17 nitrogen and oxygen atoms in total. The monoisotopic (exact) mass is 572 g/mol. The van der Waals surface area contributed by atoms with Gasteiger partial charge in [0.05, 0.1) is 19.8 Å². The van der Waals surface area contributed by atoms with Crippen LogP contribution in [-0.2, 0) is 36.8 Å². The molecule has 210 valence electrons. The highest BCUT2D eigenvalue weighted by molar-refractivity contribution is 7.47. The highest BCUT2D eigenvalue weighted by Gasteiger charge is 2.47. The van der Waals surface area contributed by atoms with E-state index < -0.39 is 69.9 Å². The van der Waals surface area contributed by atoms with E-state index in [1.165, 1.54) is 12.3 Å². The molecule has 2 saturated heterocycles. The first kappa shape index (κ1) is 29.8. The first-order valence-electron chi connectivity index (χ1n) is 11.0. The van der Waals surface area contributed by atoms with Crippen LogP contribution < -0.4 is 16.7 Å². The summed E-state index contributed by atoms with van der Waals surface area (Å²) < 4.78 is 49.3. The van der Waals surface area contributed by atoms with E-state index in [-0.39, 0.29) is 32.0 Å². The van der Waals surface area contributed by atoms with Crippen molar-refractivity contribution < 1.29 is 56.8 Å². The Hall–Kier alpha value is -1.75. The van der Waals surface area contributed by atoms with Gasteiger partial charge in [-0.1, -0.05) is 13.8 Å². The van der Waals surface area contributed by atoms with Crippen molar-refractivity contribution in [1.82, 2.24) is 14.9 Å². The Kier molecular flexibility index (Phi) is 9.31. The van der Waals surface area contributed by atoms with E-state index in [1.54, 1.807) is 13.8 Å². The topological polar surface area (TPSA) is 251 Å². The van der Waals surface area contributed by atoms with Crippen molar-refractivity contribution >= 4 is 27.4 Å². The highest BCUT2D eigenvalue weighted by Crippen LogP contribution is 2.52. The lowest BCUT2D eigenvalue weighted by molar-refractivity contribution is -0.140. The van der Waals surface area contributed by atoms with Gasteiger partial charge in [-0.3, -0.25) is 27.5 Å². The second kappa shape index (κ2) is 11.6. The zero-order valence-corrected chi connectivity index (χ0v) is 21.7. The number of ether oxygens (including phenoxy) is 1. The summed E-state index contributed by atoms with van der Waals surface area (Å²) in [6.07, 6.45) is -5.71. The number of aliphatic hydroxyl groups excluding tert-OH is 2. The number of aromatic nitrogens is 2. The normalized spacial score (nSPS) is 33.1. The third-order valence-corrected chi connectivity index (χ3v) is 7.44. The van der Waals surface area contributed by atoms with Gasteiger partial charge in [-0.15, -0.1) is 0 Å². The Labute approximate surface area is 210 Å². The van der Waals surface area contributed by atoms with E-state index in [4.69, 9.17) is 28.6 Å². The molecule has 2 unspecified atom stereocenters. The highest BCUT2D eigenvalue weighted by atomic mass is 31.2. The Balaban J connectivity index is 1.42. The van der Waals surface area contributed by atoms with Crippen LogP contribution in [0.1, 0.15) is 26.5 Å². The molecular formula is C18H30N4O13P2. The first-order valence-corrected chi connectivity index (χ1v) is 14.0. The van der Waals surface area contributed by atoms with E-state index in [1.807, 2.05) is 0 Å². The number of nitrogens with zero attached hydrogens (tertiary/aromatic N) is 2. The fraction of sp³-hybridized carbons (Fsp3) is 0.722. The van der Waals surface area contributed by atoms with Gasteiger partial charge in [-0.25, -0.2) is 13.9 Å². The average molecular weight is 572 g/mol. The van der Waals surface area contributed by atoms with Crippen molar-refractivity contribution in [3.8, 4) is 0 Å². The second-order valence-electron chi connectivity index (χ2n) is 9.05. The summed E-state index contributed by atoms with van der Waals surface area (Å²) in [7, 11) is -8.96. The number of rotatable bonds is 10. The van der Waals surface area contributed by atoms with E-state index in [0.29, 0.717) is 0 Å². The summed E-state index contributed by atoms with van der Waals surface area (Å²) in [6, 6.07) is 1.29. The third kappa shape index (κ3) is 7.65. The predicted molar refractivity (Wildman–Crippen MR) is 123 cm³/mol. The molecule has 0 bridgehead atoms. The zero-order valence-electron chi connectivity index (χ0n) is 19.9. The number of anilines is 1. The minimum absolute atomic E-state index is 0.0198. The molecule has 2 aliphatic rings. The van der Waals surface area contributed by atoms with Crippen LogP contribution in [0.15, 0.2) is 17.1 Å². The van der Waals surface area contributed by atoms with Crippen molar-refractivity contribution in [3.05, 3.63) is 22.7 Å². The molecule has 0 radical (unpaired) electrons. The van der Waals surface area contributed by atoms with Gasteiger partial charge in [0, 0.05) is 18.2 Å². The van der Waals surface area contributed by atoms with Crippen LogP contribution in [0, 0.1) is 5.41 Å². The van der Waals surface area contributed by atoms with Gasteiger partial charge in [0.25, 0.3) is 0 Å². The average Bonchev–Trinajstić information content (AvgIpc) is 3.08. The van der Waals surface area contributed by atoms with Gasteiger partial charge in [-0.05, 0) is 12.5 Å². The van der Waals surface area contributed by atoms with Gasteiger partial charge in [0.15, 0.2) is 12.3 Å². The lowest BCUT2D eigenvalue weighted by Crippen LogP contribution is -2.49. The van der Waals surface area contributed by atoms with Crippen LogP contribution in [-0.4, -0.2) is 86.2 Å². The van der Waals surface area contributed by atoms with Crippen LogP contribution in [0.3, 0.4) is 0 Å². The maximum Gasteiger partial charge on any atom is 0.472 e. The van der Waals surface area contributed by atoms with Crippen LogP contribution in [0.2, 0.25) is 0 Å². The number of carbonyl (C=O) groups is 1. The zero-order chi connectivity index (χ0) is 27.6. The lowest BCUT2D eigenvalue weighted by atomic mass is 9.87. The van der Waals surface area contributed by atoms with Crippen LogP contribution in [0.5, 0.6) is 0 Å². The van der Waals surface area contributed by atoms with Crippen molar-refractivity contribution in [2.24, 2.45) is 5.41 Å². The lowest BCUT2D eigenvalue weighted by Gasteiger charge is -2.38. The van der Waals surface area contributed by atoms with Gasteiger partial charge in [-0.2, -0.15) is 4.98 Å². The smallest absolute Gasteiger partial charge is 0.387 e. The van der Waals surface area contributed by atoms with E-state index >= 15 is 0 Å². The summed E-state index contributed by atoms with van der Waals surface area (Å²) in [6.45, 7) is 2.07. The molecule has 7 atom stereocenters. The number of nitrogen functional groups attached to an aromatic ring is 1. The molecule has 1 aromatic rings. The fourth-order valence-corrected chi connectivity index (χ4v) is 5.48. The minimum atomic E-state index is -4.62. The quantitative estimate of drug-likeness (QED) is 0.140. The number of phosphoric acid groups is 2. The second-order valence-corrected chi connectivity index (χ2v) is 11.9. The summed E-state index contributed by atoms with van der Waals surface area (Å²) >= 11 is 0. The number of phosphoric ester groups is 2. The molecule has 0 aromatic carbocycles. The summed E-state index contributed by atoms with van der Waals surface area (Å²) in [5, 5.41) is 22.9. The number of aliphatic hydroxyl groups is 2. The molecule has 1 amide bonds. The molecule has 37 heavy (non-hydrogen) atoms. The summed E-state index contributed by atoms with van der Waals surface area (Å²) in [4.78, 5) is 47.2. The SMILES string of the molecule is CC1(C)COP(=O)(O)O[C@H]1C(=O)NCCCOP(=O)(O)OC[C@H]1O[C@@H](n2ccc(N)nc2=O)[C@H](O)[C@@H]1O. The molecule has 0 aliphatic carbocycles. The summed E-state index contributed by atoms with van der Waals surface area (Å²) in [5.74, 6) is -0.717. The molecule has 0 saturated carbocycles. The Morgan fingerprint density at radius 1 is 1.38 bits per heavy atom. The van der Waals surface area contributed by atoms with Gasteiger partial charge in [0.1, 0.15) is 24.1 Å². The maximum atomic E-state index is 12.4. The third-order valence-electron chi connectivity index (χ3n) is 5.53. The van der Waals surface area contributed by atoms with Crippen LogP contribution in [0.25, 0.3) is 0 Å². The van der Waals surface area contributed by atoms with E-state index in [9.17, 15) is 38.7 Å². The Morgan fingerprint density at radius 2 is 2.08 bits per heavy atom. The van der Waals surface area contributed by atoms with Gasteiger partial charge < -0.3 is 35.8 Å². The van der Waals surface area contributed by atoms with E-state index in [2.05, 4.69) is 10.3 Å². The van der Waals surface area contributed by atoms with Crippen molar-refractivity contribution in [2.45, 2.75) is 50.9 Å². The van der Waals surface area contributed by atoms with Crippen LogP contribution >= 0.6 is 15.6 Å². The number of amides is 1. The molecule has 2 aliphatic heterocycles. The number of hydrogen-bond acceptors (Lipinski definition) is 13. The van der Waals surface area contributed by atoms with Gasteiger partial charge in [0.2, 0.25) is 5.91 Å². The van der Waals surface area contributed by atoms with Crippen molar-refractivity contribution in [3.63, 3.8) is 0 Å². The Morgan fingerprint density at radius 3 is 2.76 bits per heavy atom. The largest absolute Gasteiger partial charge is 0.472 e.